The van der Waals surface area contributed by atoms with E-state index in [1.165, 1.54) is 17.0 Å². The van der Waals surface area contributed by atoms with Crippen molar-refractivity contribution in [2.75, 3.05) is 37.7 Å². The van der Waals surface area contributed by atoms with Crippen LogP contribution in [0.15, 0.2) is 48.5 Å². The van der Waals surface area contributed by atoms with E-state index in [0.717, 1.165) is 5.56 Å². The fourth-order valence-electron chi connectivity index (χ4n) is 3.57. The summed E-state index contributed by atoms with van der Waals surface area (Å²) >= 11 is 0. The second-order valence-electron chi connectivity index (χ2n) is 6.60. The van der Waals surface area contributed by atoms with Crippen molar-refractivity contribution in [2.45, 2.75) is 6.04 Å². The van der Waals surface area contributed by atoms with Crippen molar-refractivity contribution in [3.63, 3.8) is 0 Å². The maximum atomic E-state index is 13.6. The lowest BCUT2D eigenvalue weighted by molar-refractivity contribution is -0.134. The van der Waals surface area contributed by atoms with Crippen LogP contribution in [0, 0.1) is 5.82 Å². The molecule has 8 heteroatoms. The van der Waals surface area contributed by atoms with Gasteiger partial charge in [-0.15, -0.1) is 12.4 Å². The number of carbonyl (C=O) groups excluding carboxylic acids is 2. The van der Waals surface area contributed by atoms with Gasteiger partial charge in [0.1, 0.15) is 18.1 Å². The summed E-state index contributed by atoms with van der Waals surface area (Å²) in [5.74, 6) is -0.162. The Morgan fingerprint density at radius 1 is 1.21 bits per heavy atom. The number of piperazine rings is 1. The highest BCUT2D eigenvalue weighted by Gasteiger charge is 2.32. The number of anilines is 1. The van der Waals surface area contributed by atoms with Crippen LogP contribution in [0.4, 0.5) is 10.1 Å². The molecule has 2 aliphatic heterocycles. The molecule has 0 radical (unpaired) electrons. The molecule has 4 rings (SSSR count). The number of carbonyl (C=O) groups is 2. The van der Waals surface area contributed by atoms with Gasteiger partial charge < -0.3 is 15.0 Å². The van der Waals surface area contributed by atoms with Gasteiger partial charge in [-0.3, -0.25) is 14.5 Å². The minimum absolute atomic E-state index is 0. The third-order valence-corrected chi connectivity index (χ3v) is 4.90. The first-order valence-corrected chi connectivity index (χ1v) is 8.91. The number of halogens is 2. The van der Waals surface area contributed by atoms with E-state index < -0.39 is 0 Å². The van der Waals surface area contributed by atoms with E-state index in [2.05, 4.69) is 5.32 Å². The highest BCUT2D eigenvalue weighted by molar-refractivity contribution is 6.02. The SMILES string of the molecule is Cl.O=C1COc2ccccc2N1CC(=O)N1CCNCC1c1cccc(F)c1. The third-order valence-electron chi connectivity index (χ3n) is 4.90. The van der Waals surface area contributed by atoms with Gasteiger partial charge in [-0.2, -0.15) is 0 Å². The normalized spacial score (nSPS) is 18.8. The number of nitrogens with zero attached hydrogens (tertiary/aromatic N) is 2. The Bertz CT molecular complexity index is 879. The van der Waals surface area contributed by atoms with Gasteiger partial charge in [0.15, 0.2) is 6.61 Å². The van der Waals surface area contributed by atoms with Gasteiger partial charge in [0.05, 0.1) is 11.7 Å². The number of fused-ring (bicyclic) bond motifs is 1. The van der Waals surface area contributed by atoms with E-state index in [0.29, 0.717) is 31.1 Å². The quantitative estimate of drug-likeness (QED) is 0.850. The second-order valence-corrected chi connectivity index (χ2v) is 6.60. The first-order valence-electron chi connectivity index (χ1n) is 8.91. The molecule has 2 heterocycles. The van der Waals surface area contributed by atoms with Gasteiger partial charge in [0, 0.05) is 19.6 Å². The number of amides is 2. The standard InChI is InChI=1S/C20H20FN3O3.ClH/c21-15-5-3-4-14(10-15)17-11-22-8-9-23(17)19(25)12-24-16-6-1-2-7-18(16)27-13-20(24)26;/h1-7,10,17,22H,8-9,11-13H2;1H. The van der Waals surface area contributed by atoms with Crippen LogP contribution in [0.2, 0.25) is 0 Å². The van der Waals surface area contributed by atoms with Gasteiger partial charge >= 0.3 is 0 Å². The predicted molar refractivity (Wildman–Crippen MR) is 105 cm³/mol. The molecular weight excluding hydrogens is 385 g/mol. The Morgan fingerprint density at radius 3 is 2.86 bits per heavy atom. The zero-order chi connectivity index (χ0) is 18.8. The van der Waals surface area contributed by atoms with Crippen molar-refractivity contribution in [3.05, 3.63) is 59.9 Å². The lowest BCUT2D eigenvalue weighted by Gasteiger charge is -2.38. The molecule has 0 bridgehead atoms. The van der Waals surface area contributed by atoms with Crippen molar-refractivity contribution in [1.29, 1.82) is 0 Å². The molecule has 148 valence electrons. The maximum Gasteiger partial charge on any atom is 0.265 e. The molecular formula is C20H21ClFN3O3. The molecule has 2 aromatic rings. The van der Waals surface area contributed by atoms with Crippen molar-refractivity contribution in [2.24, 2.45) is 0 Å². The van der Waals surface area contributed by atoms with Crippen molar-refractivity contribution in [1.82, 2.24) is 10.2 Å². The second kappa shape index (κ2) is 8.58. The number of hydrogen-bond acceptors (Lipinski definition) is 4. The van der Waals surface area contributed by atoms with Crippen LogP contribution < -0.4 is 15.0 Å². The molecule has 1 atom stereocenters. The average Bonchev–Trinajstić information content (AvgIpc) is 2.70. The molecule has 1 fully saturated rings. The summed E-state index contributed by atoms with van der Waals surface area (Å²) in [7, 11) is 0. The number of hydrogen-bond donors (Lipinski definition) is 1. The average molecular weight is 406 g/mol. The lowest BCUT2D eigenvalue weighted by Crippen LogP contribution is -2.53. The monoisotopic (exact) mass is 405 g/mol. The molecule has 0 saturated carbocycles. The largest absolute Gasteiger partial charge is 0.482 e. The summed E-state index contributed by atoms with van der Waals surface area (Å²) < 4.78 is 19.1. The zero-order valence-electron chi connectivity index (χ0n) is 15.1. The van der Waals surface area contributed by atoms with Crippen molar-refractivity contribution >= 4 is 29.9 Å². The van der Waals surface area contributed by atoms with Crippen LogP contribution >= 0.6 is 12.4 Å². The molecule has 1 saturated heterocycles. The summed E-state index contributed by atoms with van der Waals surface area (Å²) in [6.45, 7) is 1.55. The number of rotatable bonds is 3. The molecule has 2 aromatic carbocycles. The topological polar surface area (TPSA) is 61.9 Å². The summed E-state index contributed by atoms with van der Waals surface area (Å²) in [5.41, 5.74) is 1.34. The molecule has 6 nitrogen and oxygen atoms in total. The highest BCUT2D eigenvalue weighted by Crippen LogP contribution is 2.32. The van der Waals surface area contributed by atoms with Gasteiger partial charge in [0.25, 0.3) is 5.91 Å². The minimum atomic E-state index is -0.331. The van der Waals surface area contributed by atoms with Crippen LogP contribution in [0.25, 0.3) is 0 Å². The van der Waals surface area contributed by atoms with E-state index in [1.54, 1.807) is 29.2 Å². The van der Waals surface area contributed by atoms with E-state index >= 15 is 0 Å². The fourth-order valence-corrected chi connectivity index (χ4v) is 3.57. The molecule has 28 heavy (non-hydrogen) atoms. The van der Waals surface area contributed by atoms with Gasteiger partial charge in [-0.1, -0.05) is 24.3 Å². The maximum absolute atomic E-state index is 13.6. The predicted octanol–water partition coefficient (Wildman–Crippen LogP) is 2.15. The Kier molecular flexibility index (Phi) is 6.16. The minimum Gasteiger partial charge on any atom is -0.482 e. The van der Waals surface area contributed by atoms with E-state index in [4.69, 9.17) is 4.74 Å². The van der Waals surface area contributed by atoms with Crippen molar-refractivity contribution < 1.29 is 18.7 Å². The van der Waals surface area contributed by atoms with Crippen LogP contribution in [0.3, 0.4) is 0 Å². The van der Waals surface area contributed by atoms with Gasteiger partial charge in [-0.05, 0) is 29.8 Å². The molecule has 0 spiro atoms. The zero-order valence-corrected chi connectivity index (χ0v) is 16.0. The van der Waals surface area contributed by atoms with E-state index in [1.807, 2.05) is 12.1 Å². The fraction of sp³-hybridized carbons (Fsp3) is 0.300. The number of ether oxygens (including phenoxy) is 1. The van der Waals surface area contributed by atoms with Crippen LogP contribution in [0.1, 0.15) is 11.6 Å². The lowest BCUT2D eigenvalue weighted by atomic mass is 10.0. The van der Waals surface area contributed by atoms with Crippen molar-refractivity contribution in [3.8, 4) is 5.75 Å². The first kappa shape index (κ1) is 20.1. The summed E-state index contributed by atoms with van der Waals surface area (Å²) in [5, 5.41) is 3.25. The molecule has 2 amide bonds. The van der Waals surface area contributed by atoms with E-state index in [9.17, 15) is 14.0 Å². The number of nitrogens with one attached hydrogen (secondary N) is 1. The summed E-state index contributed by atoms with van der Waals surface area (Å²) in [6.07, 6.45) is 0. The molecule has 0 aliphatic carbocycles. The molecule has 1 unspecified atom stereocenters. The number of benzene rings is 2. The molecule has 1 N–H and O–H groups in total. The first-order chi connectivity index (χ1) is 13.1. The van der Waals surface area contributed by atoms with Crippen LogP contribution in [-0.4, -0.2) is 49.5 Å². The highest BCUT2D eigenvalue weighted by atomic mass is 35.5. The van der Waals surface area contributed by atoms with Crippen LogP contribution in [0.5, 0.6) is 5.75 Å². The Hall–Kier alpha value is -2.64. The molecule has 2 aliphatic rings. The van der Waals surface area contributed by atoms with Gasteiger partial charge in [0.2, 0.25) is 5.91 Å². The van der Waals surface area contributed by atoms with E-state index in [-0.39, 0.29) is 49.2 Å². The van der Waals surface area contributed by atoms with Gasteiger partial charge in [-0.25, -0.2) is 4.39 Å². The summed E-state index contributed by atoms with van der Waals surface area (Å²) in [6, 6.07) is 13.2. The Labute approximate surface area is 168 Å². The molecule has 0 aromatic heterocycles. The number of para-hydroxylation sites is 2. The smallest absolute Gasteiger partial charge is 0.265 e. The Balaban J connectivity index is 0.00000225. The summed E-state index contributed by atoms with van der Waals surface area (Å²) in [4.78, 5) is 28.6. The third kappa shape index (κ3) is 3.95. The Morgan fingerprint density at radius 2 is 2.04 bits per heavy atom. The van der Waals surface area contributed by atoms with Crippen LogP contribution in [-0.2, 0) is 9.59 Å².